The maximum atomic E-state index is 11.3. The molecule has 1 nitrogen and oxygen atoms in total. The van der Waals surface area contributed by atoms with E-state index in [0.717, 1.165) is 24.2 Å². The highest BCUT2D eigenvalue weighted by Gasteiger charge is 2.14. The SMILES string of the molecule is CCSc1c(CC)ccc(C(=O)Cl)c1CC. The van der Waals surface area contributed by atoms with Crippen molar-refractivity contribution >= 4 is 28.6 Å². The minimum absolute atomic E-state index is 0.350. The van der Waals surface area contributed by atoms with E-state index in [0.29, 0.717) is 5.56 Å². The van der Waals surface area contributed by atoms with Gasteiger partial charge in [-0.2, -0.15) is 0 Å². The number of benzene rings is 1. The Kier molecular flexibility index (Phi) is 5.36. The molecule has 0 aliphatic carbocycles. The molecule has 0 spiro atoms. The lowest BCUT2D eigenvalue weighted by Gasteiger charge is -2.14. The molecule has 0 atom stereocenters. The van der Waals surface area contributed by atoms with Gasteiger partial charge in [-0.1, -0.05) is 26.8 Å². The van der Waals surface area contributed by atoms with Gasteiger partial charge in [-0.15, -0.1) is 11.8 Å². The molecule has 3 heteroatoms. The van der Waals surface area contributed by atoms with Crippen molar-refractivity contribution in [3.05, 3.63) is 28.8 Å². The van der Waals surface area contributed by atoms with Crippen LogP contribution in [-0.4, -0.2) is 11.0 Å². The van der Waals surface area contributed by atoms with Crippen molar-refractivity contribution in [1.82, 2.24) is 0 Å². The number of aryl methyl sites for hydroxylation is 1. The van der Waals surface area contributed by atoms with Crippen LogP contribution in [-0.2, 0) is 12.8 Å². The van der Waals surface area contributed by atoms with Gasteiger partial charge in [-0.3, -0.25) is 4.79 Å². The Morgan fingerprint density at radius 1 is 1.25 bits per heavy atom. The predicted octanol–water partition coefficient (Wildman–Crippen LogP) is 4.30. The standard InChI is InChI=1S/C13H17ClOS/c1-4-9-7-8-11(13(14)15)10(5-2)12(9)16-6-3/h7-8H,4-6H2,1-3H3. The molecular formula is C13H17ClOS. The fraction of sp³-hybridized carbons (Fsp3) is 0.462. The van der Waals surface area contributed by atoms with Gasteiger partial charge in [0.15, 0.2) is 0 Å². The van der Waals surface area contributed by atoms with Crippen LogP contribution in [0.15, 0.2) is 17.0 Å². The third-order valence-corrected chi connectivity index (χ3v) is 3.87. The summed E-state index contributed by atoms with van der Waals surface area (Å²) in [6.07, 6.45) is 1.84. The summed E-state index contributed by atoms with van der Waals surface area (Å²) in [5.74, 6) is 1.01. The van der Waals surface area contributed by atoms with Crippen LogP contribution < -0.4 is 0 Å². The van der Waals surface area contributed by atoms with Crippen LogP contribution >= 0.6 is 23.4 Å². The zero-order chi connectivity index (χ0) is 12.1. The minimum Gasteiger partial charge on any atom is -0.276 e. The van der Waals surface area contributed by atoms with E-state index in [1.165, 1.54) is 10.5 Å². The maximum absolute atomic E-state index is 11.3. The Bertz CT molecular complexity index is 388. The summed E-state index contributed by atoms with van der Waals surface area (Å²) in [4.78, 5) is 12.6. The summed E-state index contributed by atoms with van der Waals surface area (Å²) >= 11 is 7.40. The molecule has 0 aliphatic heterocycles. The molecule has 0 amide bonds. The zero-order valence-corrected chi connectivity index (χ0v) is 11.5. The van der Waals surface area contributed by atoms with E-state index < -0.39 is 0 Å². The molecule has 0 N–H and O–H groups in total. The molecule has 0 saturated carbocycles. The van der Waals surface area contributed by atoms with E-state index in [-0.39, 0.29) is 5.24 Å². The molecule has 0 aromatic heterocycles. The van der Waals surface area contributed by atoms with Crippen LogP contribution in [0.2, 0.25) is 0 Å². The third-order valence-electron chi connectivity index (χ3n) is 2.58. The smallest absolute Gasteiger partial charge is 0.252 e. The Morgan fingerprint density at radius 2 is 1.94 bits per heavy atom. The van der Waals surface area contributed by atoms with Crippen molar-refractivity contribution in [3.63, 3.8) is 0 Å². The van der Waals surface area contributed by atoms with E-state index in [1.807, 2.05) is 12.1 Å². The second kappa shape index (κ2) is 6.31. The lowest BCUT2D eigenvalue weighted by atomic mass is 10.0. The second-order valence-electron chi connectivity index (χ2n) is 3.49. The van der Waals surface area contributed by atoms with Crippen LogP contribution in [0.1, 0.15) is 42.3 Å². The number of hydrogen-bond donors (Lipinski definition) is 0. The van der Waals surface area contributed by atoms with Crippen molar-refractivity contribution in [2.45, 2.75) is 38.5 Å². The summed E-state index contributed by atoms with van der Waals surface area (Å²) in [7, 11) is 0. The molecule has 1 aromatic rings. The summed E-state index contributed by atoms with van der Waals surface area (Å²) in [5, 5.41) is -0.350. The normalized spacial score (nSPS) is 10.5. The number of rotatable bonds is 5. The highest BCUT2D eigenvalue weighted by Crippen LogP contribution is 2.31. The van der Waals surface area contributed by atoms with Gasteiger partial charge in [0.05, 0.1) is 0 Å². The second-order valence-corrected chi connectivity index (χ2v) is 5.11. The number of carbonyl (C=O) groups is 1. The average Bonchev–Trinajstić information content (AvgIpc) is 2.28. The highest BCUT2D eigenvalue weighted by atomic mass is 35.5. The van der Waals surface area contributed by atoms with Crippen molar-refractivity contribution in [2.24, 2.45) is 0 Å². The van der Waals surface area contributed by atoms with E-state index in [9.17, 15) is 4.79 Å². The Balaban J connectivity index is 3.36. The van der Waals surface area contributed by atoms with Gasteiger partial charge in [-0.05, 0) is 47.4 Å². The molecule has 1 rings (SSSR count). The van der Waals surface area contributed by atoms with Gasteiger partial charge in [0, 0.05) is 10.5 Å². The predicted molar refractivity (Wildman–Crippen MR) is 71.8 cm³/mol. The average molecular weight is 257 g/mol. The molecular weight excluding hydrogens is 240 g/mol. The van der Waals surface area contributed by atoms with Gasteiger partial charge >= 0.3 is 0 Å². The van der Waals surface area contributed by atoms with Crippen LogP contribution in [0.4, 0.5) is 0 Å². The molecule has 0 aliphatic rings. The fourth-order valence-electron chi connectivity index (χ4n) is 1.81. The molecule has 0 saturated heterocycles. The number of carbonyl (C=O) groups excluding carboxylic acids is 1. The Hall–Kier alpha value is -0.470. The summed E-state index contributed by atoms with van der Waals surface area (Å²) in [6.45, 7) is 6.33. The van der Waals surface area contributed by atoms with Gasteiger partial charge in [-0.25, -0.2) is 0 Å². The van der Waals surface area contributed by atoms with E-state index in [1.54, 1.807) is 11.8 Å². The Labute approximate surface area is 107 Å². The highest BCUT2D eigenvalue weighted by molar-refractivity contribution is 7.99. The monoisotopic (exact) mass is 256 g/mol. The fourth-order valence-corrected chi connectivity index (χ4v) is 3.11. The van der Waals surface area contributed by atoms with Crippen molar-refractivity contribution in [3.8, 4) is 0 Å². The van der Waals surface area contributed by atoms with Gasteiger partial charge in [0.2, 0.25) is 0 Å². The van der Waals surface area contributed by atoms with E-state index in [2.05, 4.69) is 20.8 Å². The topological polar surface area (TPSA) is 17.1 Å². The van der Waals surface area contributed by atoms with Crippen molar-refractivity contribution < 1.29 is 4.79 Å². The summed E-state index contributed by atoms with van der Waals surface area (Å²) in [6, 6.07) is 3.87. The van der Waals surface area contributed by atoms with Crippen molar-refractivity contribution in [1.29, 1.82) is 0 Å². The lowest BCUT2D eigenvalue weighted by molar-refractivity contribution is 0.108. The molecule has 0 heterocycles. The molecule has 16 heavy (non-hydrogen) atoms. The molecule has 1 aromatic carbocycles. The zero-order valence-electron chi connectivity index (χ0n) is 9.97. The van der Waals surface area contributed by atoms with Crippen LogP contribution in [0.25, 0.3) is 0 Å². The van der Waals surface area contributed by atoms with E-state index in [4.69, 9.17) is 11.6 Å². The molecule has 0 fully saturated rings. The molecule has 0 bridgehead atoms. The largest absolute Gasteiger partial charge is 0.276 e. The van der Waals surface area contributed by atoms with Gasteiger partial charge < -0.3 is 0 Å². The molecule has 0 unspecified atom stereocenters. The van der Waals surface area contributed by atoms with Crippen molar-refractivity contribution in [2.75, 3.05) is 5.75 Å². The van der Waals surface area contributed by atoms with Crippen LogP contribution in [0.3, 0.4) is 0 Å². The number of thioether (sulfide) groups is 1. The molecule has 0 radical (unpaired) electrons. The number of hydrogen-bond acceptors (Lipinski definition) is 2. The first-order chi connectivity index (χ1) is 7.65. The minimum atomic E-state index is -0.350. The first-order valence-corrected chi connectivity index (χ1v) is 6.99. The number of halogens is 1. The van der Waals surface area contributed by atoms with Gasteiger partial charge in [0.1, 0.15) is 0 Å². The first kappa shape index (κ1) is 13.6. The van der Waals surface area contributed by atoms with Crippen LogP contribution in [0.5, 0.6) is 0 Å². The maximum Gasteiger partial charge on any atom is 0.252 e. The molecule has 88 valence electrons. The van der Waals surface area contributed by atoms with E-state index >= 15 is 0 Å². The van der Waals surface area contributed by atoms with Gasteiger partial charge in [0.25, 0.3) is 5.24 Å². The quantitative estimate of drug-likeness (QED) is 0.577. The first-order valence-electron chi connectivity index (χ1n) is 5.63. The Morgan fingerprint density at radius 3 is 2.38 bits per heavy atom. The summed E-state index contributed by atoms with van der Waals surface area (Å²) < 4.78 is 0. The summed E-state index contributed by atoms with van der Waals surface area (Å²) in [5.41, 5.74) is 3.08. The third kappa shape index (κ3) is 2.80. The van der Waals surface area contributed by atoms with Crippen LogP contribution in [0, 0.1) is 0 Å². The lowest BCUT2D eigenvalue weighted by Crippen LogP contribution is -2.02.